The maximum absolute atomic E-state index is 13.0. The minimum Gasteiger partial charge on any atom is -0.465 e. The van der Waals surface area contributed by atoms with Crippen molar-refractivity contribution in [1.82, 2.24) is 16.0 Å². The molecule has 0 fully saturated rings. The van der Waals surface area contributed by atoms with Crippen molar-refractivity contribution in [1.29, 1.82) is 0 Å². The molecule has 3 amide bonds. The lowest BCUT2D eigenvalue weighted by atomic mass is 9.97. The summed E-state index contributed by atoms with van der Waals surface area (Å²) in [5, 5.41) is 7.93. The van der Waals surface area contributed by atoms with Crippen LogP contribution in [0, 0.1) is 0 Å². The lowest BCUT2D eigenvalue weighted by molar-refractivity contribution is -0.401. The van der Waals surface area contributed by atoms with Crippen molar-refractivity contribution in [3.63, 3.8) is 0 Å². The van der Waals surface area contributed by atoms with Crippen LogP contribution in [0.1, 0.15) is 83.0 Å². The average Bonchev–Trinajstić information content (AvgIpc) is 2.70. The maximum atomic E-state index is 13.0. The third kappa shape index (κ3) is 8.42. The van der Waals surface area contributed by atoms with Gasteiger partial charge in [-0.1, -0.05) is 12.1 Å². The van der Waals surface area contributed by atoms with Crippen molar-refractivity contribution in [2.45, 2.75) is 84.7 Å². The summed E-state index contributed by atoms with van der Waals surface area (Å²) in [5.41, 5.74) is -4.40. The first kappa shape index (κ1) is 29.1. The fraction of sp³-hybridized carbons (Fsp3) is 0.583. The molecule has 0 aliphatic heterocycles. The molecule has 0 bridgehead atoms. The molecule has 1 aromatic carbocycles. The van der Waals surface area contributed by atoms with Gasteiger partial charge in [-0.25, -0.2) is 14.6 Å². The molecule has 0 aliphatic rings. The summed E-state index contributed by atoms with van der Waals surface area (Å²) in [4.78, 5) is 61.3. The second kappa shape index (κ2) is 10.5. The average molecular weight is 480 g/mol. The van der Waals surface area contributed by atoms with Crippen molar-refractivity contribution in [3.8, 4) is 0 Å². The molecule has 10 heteroatoms. The molecular weight excluding hydrogens is 442 g/mol. The van der Waals surface area contributed by atoms with Crippen molar-refractivity contribution in [2.75, 3.05) is 7.11 Å². The van der Waals surface area contributed by atoms with Gasteiger partial charge >= 0.3 is 5.97 Å². The largest absolute Gasteiger partial charge is 0.465 e. The molecule has 0 heterocycles. The van der Waals surface area contributed by atoms with E-state index in [1.807, 2.05) is 0 Å². The molecule has 0 spiro atoms. The second-order valence-electron chi connectivity index (χ2n) is 10.4. The molecule has 10 nitrogen and oxygen atoms in total. The van der Waals surface area contributed by atoms with E-state index < -0.39 is 46.1 Å². The molecule has 1 rings (SSSR count). The van der Waals surface area contributed by atoms with Gasteiger partial charge in [0.25, 0.3) is 5.91 Å². The lowest BCUT2D eigenvalue weighted by Gasteiger charge is -2.35. The number of methoxy groups -OCH3 is 1. The molecule has 0 saturated carbocycles. The summed E-state index contributed by atoms with van der Waals surface area (Å²) in [7, 11) is 1.21. The molecule has 1 aromatic rings. The Morgan fingerprint density at radius 2 is 1.15 bits per heavy atom. The highest BCUT2D eigenvalue weighted by molar-refractivity contribution is 6.07. The van der Waals surface area contributed by atoms with Crippen LogP contribution in [-0.4, -0.2) is 53.2 Å². The summed E-state index contributed by atoms with van der Waals surface area (Å²) in [5.74, 6) is -2.45. The van der Waals surface area contributed by atoms with E-state index in [9.17, 15) is 19.2 Å². The predicted octanol–water partition coefficient (Wildman–Crippen LogP) is 2.48. The number of carbonyl (C=O) groups is 4. The standard InChI is InChI=1S/C24H37N3O7/c1-21(2,3)33-34-24(8,9)27-20(31)23(6,7)26-19(30)22(4,5)25-17(28)15-13-11-12-14-16(15)18(29)32-10/h11-14H,1-10H3,(H,25,28)(H,26,30)(H,27,31). The van der Waals surface area contributed by atoms with Gasteiger partial charge in [0.2, 0.25) is 11.8 Å². The van der Waals surface area contributed by atoms with E-state index in [1.54, 1.807) is 46.8 Å². The topological polar surface area (TPSA) is 132 Å². The van der Waals surface area contributed by atoms with Crippen LogP contribution >= 0.6 is 0 Å². The van der Waals surface area contributed by atoms with Gasteiger partial charge in [-0.15, -0.1) is 0 Å². The molecule has 0 unspecified atom stereocenters. The van der Waals surface area contributed by atoms with E-state index in [1.165, 1.54) is 46.9 Å². The zero-order chi connectivity index (χ0) is 26.5. The molecule has 0 aromatic heterocycles. The minimum atomic E-state index is -1.42. The number of rotatable bonds is 9. The Morgan fingerprint density at radius 1 is 0.676 bits per heavy atom. The van der Waals surface area contributed by atoms with Crippen molar-refractivity contribution in [3.05, 3.63) is 35.4 Å². The van der Waals surface area contributed by atoms with Crippen LogP contribution in [0.4, 0.5) is 0 Å². The number of benzene rings is 1. The third-order valence-corrected chi connectivity index (χ3v) is 4.48. The van der Waals surface area contributed by atoms with E-state index in [-0.39, 0.29) is 11.1 Å². The fourth-order valence-electron chi connectivity index (χ4n) is 2.55. The van der Waals surface area contributed by atoms with Gasteiger partial charge in [0.1, 0.15) is 11.1 Å². The maximum Gasteiger partial charge on any atom is 0.338 e. The molecule has 190 valence electrons. The summed E-state index contributed by atoms with van der Waals surface area (Å²) < 4.78 is 4.71. The first-order chi connectivity index (χ1) is 15.3. The van der Waals surface area contributed by atoms with Gasteiger partial charge in [-0.3, -0.25) is 14.4 Å². The lowest BCUT2D eigenvalue weighted by Crippen LogP contribution is -2.64. The molecular formula is C24H37N3O7. The smallest absolute Gasteiger partial charge is 0.338 e. The molecule has 0 atom stereocenters. The Kier molecular flexibility index (Phi) is 8.99. The van der Waals surface area contributed by atoms with E-state index in [4.69, 9.17) is 14.5 Å². The fourth-order valence-corrected chi connectivity index (χ4v) is 2.55. The Hall–Kier alpha value is -2.98. The Balaban J connectivity index is 2.91. The van der Waals surface area contributed by atoms with Crippen LogP contribution in [0.15, 0.2) is 24.3 Å². The number of carbonyl (C=O) groups excluding carboxylic acids is 4. The van der Waals surface area contributed by atoms with Crippen LogP contribution < -0.4 is 16.0 Å². The first-order valence-corrected chi connectivity index (χ1v) is 10.8. The molecule has 0 saturated heterocycles. The zero-order valence-electron chi connectivity index (χ0n) is 21.7. The first-order valence-electron chi connectivity index (χ1n) is 10.8. The quantitative estimate of drug-likeness (QED) is 0.215. The van der Waals surface area contributed by atoms with Crippen LogP contribution in [0.5, 0.6) is 0 Å². The zero-order valence-corrected chi connectivity index (χ0v) is 21.7. The van der Waals surface area contributed by atoms with Crippen LogP contribution in [-0.2, 0) is 24.1 Å². The summed E-state index contributed by atoms with van der Waals surface area (Å²) in [6.45, 7) is 14.6. The summed E-state index contributed by atoms with van der Waals surface area (Å²) in [6, 6.07) is 6.10. The van der Waals surface area contributed by atoms with Crippen LogP contribution in [0.3, 0.4) is 0 Å². The Morgan fingerprint density at radius 3 is 1.65 bits per heavy atom. The number of esters is 1. The second-order valence-corrected chi connectivity index (χ2v) is 10.4. The molecule has 34 heavy (non-hydrogen) atoms. The molecule has 0 radical (unpaired) electrons. The van der Waals surface area contributed by atoms with Gasteiger partial charge in [0.05, 0.1) is 23.8 Å². The highest BCUT2D eigenvalue weighted by Crippen LogP contribution is 2.17. The monoisotopic (exact) mass is 479 g/mol. The molecule has 3 N–H and O–H groups in total. The van der Waals surface area contributed by atoms with Gasteiger partial charge in [-0.05, 0) is 74.4 Å². The third-order valence-electron chi connectivity index (χ3n) is 4.48. The van der Waals surface area contributed by atoms with Crippen LogP contribution in [0.25, 0.3) is 0 Å². The highest BCUT2D eigenvalue weighted by atomic mass is 17.2. The van der Waals surface area contributed by atoms with Gasteiger partial charge < -0.3 is 20.7 Å². The van der Waals surface area contributed by atoms with E-state index in [0.717, 1.165) is 0 Å². The van der Waals surface area contributed by atoms with E-state index in [2.05, 4.69) is 16.0 Å². The summed E-state index contributed by atoms with van der Waals surface area (Å²) >= 11 is 0. The predicted molar refractivity (Wildman–Crippen MR) is 126 cm³/mol. The van der Waals surface area contributed by atoms with E-state index >= 15 is 0 Å². The molecule has 0 aliphatic carbocycles. The Bertz CT molecular complexity index is 931. The van der Waals surface area contributed by atoms with Crippen LogP contribution in [0.2, 0.25) is 0 Å². The number of amides is 3. The summed E-state index contributed by atoms with van der Waals surface area (Å²) in [6.07, 6.45) is 0. The van der Waals surface area contributed by atoms with Gasteiger partial charge in [0, 0.05) is 0 Å². The minimum absolute atomic E-state index is 0.0602. The Labute approximate surface area is 201 Å². The number of ether oxygens (including phenoxy) is 1. The van der Waals surface area contributed by atoms with Gasteiger partial charge in [-0.2, -0.15) is 0 Å². The van der Waals surface area contributed by atoms with Crippen molar-refractivity contribution >= 4 is 23.7 Å². The van der Waals surface area contributed by atoms with Crippen molar-refractivity contribution in [2.24, 2.45) is 0 Å². The number of hydrogen-bond acceptors (Lipinski definition) is 7. The van der Waals surface area contributed by atoms with Gasteiger partial charge in [0.15, 0.2) is 5.72 Å². The number of nitrogens with one attached hydrogen (secondary N) is 3. The number of hydrogen-bond donors (Lipinski definition) is 3. The normalized spacial score (nSPS) is 12.5. The van der Waals surface area contributed by atoms with Crippen molar-refractivity contribution < 1.29 is 33.7 Å². The highest BCUT2D eigenvalue weighted by Gasteiger charge is 2.39. The SMILES string of the molecule is COC(=O)c1ccccc1C(=O)NC(C)(C)C(=O)NC(C)(C)C(=O)NC(C)(C)OOC(C)(C)C. The van der Waals surface area contributed by atoms with E-state index in [0.29, 0.717) is 0 Å².